The molecule has 0 unspecified atom stereocenters. The molecule has 1 aliphatic heterocycles. The molecule has 0 aliphatic carbocycles. The van der Waals surface area contributed by atoms with Gasteiger partial charge in [-0.25, -0.2) is 0 Å². The molecule has 3 aromatic rings. The van der Waals surface area contributed by atoms with Gasteiger partial charge in [-0.1, -0.05) is 42.1 Å². The Kier molecular flexibility index (Phi) is 4.50. The average molecular weight is 359 g/mol. The van der Waals surface area contributed by atoms with Gasteiger partial charge in [-0.15, -0.1) is 0 Å². The molecule has 26 heavy (non-hydrogen) atoms. The second kappa shape index (κ2) is 7.10. The molecule has 4 heteroatoms. The highest BCUT2D eigenvalue weighted by molar-refractivity contribution is 7.99. The number of benzene rings is 3. The number of hydrogen-bond donors (Lipinski definition) is 1. The summed E-state index contributed by atoms with van der Waals surface area (Å²) >= 11 is 1.71. The van der Waals surface area contributed by atoms with Crippen molar-refractivity contribution in [2.45, 2.75) is 9.79 Å². The van der Waals surface area contributed by atoms with E-state index in [9.17, 15) is 4.79 Å². The van der Waals surface area contributed by atoms with E-state index in [0.29, 0.717) is 5.56 Å². The predicted molar refractivity (Wildman–Crippen MR) is 107 cm³/mol. The van der Waals surface area contributed by atoms with Crippen molar-refractivity contribution in [3.05, 3.63) is 83.9 Å². The van der Waals surface area contributed by atoms with Crippen LogP contribution >= 0.6 is 11.8 Å². The van der Waals surface area contributed by atoms with E-state index in [4.69, 9.17) is 4.74 Å². The number of fused-ring (bicyclic) bond motifs is 2. The minimum Gasteiger partial charge on any atom is -0.497 e. The molecular weight excluding hydrogens is 342 g/mol. The number of ketones is 1. The van der Waals surface area contributed by atoms with Crippen LogP contribution < -0.4 is 10.1 Å². The fourth-order valence-corrected chi connectivity index (χ4v) is 3.77. The maximum Gasteiger partial charge on any atom is 0.185 e. The van der Waals surface area contributed by atoms with E-state index in [-0.39, 0.29) is 5.78 Å². The molecule has 0 aromatic heterocycles. The Hall–Kier alpha value is -2.98. The highest BCUT2D eigenvalue weighted by atomic mass is 32.2. The van der Waals surface area contributed by atoms with Crippen molar-refractivity contribution in [2.24, 2.45) is 0 Å². The fraction of sp³-hybridized carbons (Fsp3) is 0.0455. The van der Waals surface area contributed by atoms with Crippen molar-refractivity contribution in [2.75, 3.05) is 12.4 Å². The zero-order chi connectivity index (χ0) is 17.9. The summed E-state index contributed by atoms with van der Waals surface area (Å²) in [6.07, 6.45) is 3.40. The molecule has 0 atom stereocenters. The molecule has 0 fully saturated rings. The molecule has 3 nitrogen and oxygen atoms in total. The Bertz CT molecular complexity index is 1010. The lowest BCUT2D eigenvalue weighted by molar-refractivity contribution is 0.104. The summed E-state index contributed by atoms with van der Waals surface area (Å²) in [4.78, 5) is 14.9. The van der Waals surface area contributed by atoms with Crippen LogP contribution in [0.1, 0.15) is 15.9 Å². The first kappa shape index (κ1) is 16.5. The lowest BCUT2D eigenvalue weighted by Gasteiger charge is -2.20. The largest absolute Gasteiger partial charge is 0.497 e. The van der Waals surface area contributed by atoms with Crippen LogP contribution in [0.2, 0.25) is 0 Å². The van der Waals surface area contributed by atoms with E-state index in [1.54, 1.807) is 24.9 Å². The third-order valence-corrected chi connectivity index (χ3v) is 5.31. The first-order valence-electron chi connectivity index (χ1n) is 8.27. The molecule has 0 radical (unpaired) electrons. The SMILES string of the molecule is COc1cccc(/C=C/C(=O)c2ccc3c(c2)Nc2ccccc2S3)c1. The molecule has 0 saturated carbocycles. The second-order valence-corrected chi connectivity index (χ2v) is 6.99. The third kappa shape index (κ3) is 3.37. The van der Waals surface area contributed by atoms with Gasteiger partial charge in [0.25, 0.3) is 0 Å². The summed E-state index contributed by atoms with van der Waals surface area (Å²) in [6, 6.07) is 21.6. The van der Waals surface area contributed by atoms with Gasteiger partial charge in [-0.3, -0.25) is 4.79 Å². The van der Waals surface area contributed by atoms with E-state index in [0.717, 1.165) is 27.6 Å². The lowest BCUT2D eigenvalue weighted by Crippen LogP contribution is -2.02. The lowest BCUT2D eigenvalue weighted by atomic mass is 10.1. The molecule has 0 saturated heterocycles. The van der Waals surface area contributed by atoms with Crippen LogP contribution in [0.15, 0.2) is 82.6 Å². The van der Waals surface area contributed by atoms with E-state index < -0.39 is 0 Å². The van der Waals surface area contributed by atoms with Gasteiger partial charge in [-0.2, -0.15) is 0 Å². The van der Waals surface area contributed by atoms with Gasteiger partial charge in [0, 0.05) is 15.4 Å². The third-order valence-electron chi connectivity index (χ3n) is 4.16. The number of nitrogens with one attached hydrogen (secondary N) is 1. The first-order chi connectivity index (χ1) is 12.7. The Morgan fingerprint density at radius 3 is 2.69 bits per heavy atom. The zero-order valence-electron chi connectivity index (χ0n) is 14.2. The molecule has 1 N–H and O–H groups in total. The van der Waals surface area contributed by atoms with E-state index >= 15 is 0 Å². The number of hydrogen-bond acceptors (Lipinski definition) is 4. The van der Waals surface area contributed by atoms with Crippen LogP contribution in [0, 0.1) is 0 Å². The Balaban J connectivity index is 1.55. The van der Waals surface area contributed by atoms with E-state index in [1.165, 1.54) is 4.90 Å². The van der Waals surface area contributed by atoms with Gasteiger partial charge < -0.3 is 10.1 Å². The maximum atomic E-state index is 12.6. The van der Waals surface area contributed by atoms with Crippen LogP contribution in [0.3, 0.4) is 0 Å². The van der Waals surface area contributed by atoms with Gasteiger partial charge >= 0.3 is 0 Å². The summed E-state index contributed by atoms with van der Waals surface area (Å²) < 4.78 is 5.21. The normalized spacial score (nSPS) is 12.2. The molecule has 128 valence electrons. The van der Waals surface area contributed by atoms with Crippen molar-refractivity contribution in [1.29, 1.82) is 0 Å². The number of ether oxygens (including phenoxy) is 1. The quantitative estimate of drug-likeness (QED) is 0.369. The maximum absolute atomic E-state index is 12.6. The van der Waals surface area contributed by atoms with Gasteiger partial charge in [0.1, 0.15) is 5.75 Å². The van der Waals surface area contributed by atoms with Crippen LogP contribution in [0.4, 0.5) is 11.4 Å². The van der Waals surface area contributed by atoms with E-state index in [1.807, 2.05) is 66.7 Å². The predicted octanol–water partition coefficient (Wildman–Crippen LogP) is 5.80. The summed E-state index contributed by atoms with van der Waals surface area (Å²) in [5, 5.41) is 3.41. The van der Waals surface area contributed by atoms with Gasteiger partial charge in [0.05, 0.1) is 18.5 Å². The molecule has 0 spiro atoms. The smallest absolute Gasteiger partial charge is 0.185 e. The Labute approximate surface area is 156 Å². The van der Waals surface area contributed by atoms with Gasteiger partial charge in [-0.05, 0) is 54.1 Å². The molecule has 0 amide bonds. The van der Waals surface area contributed by atoms with Crippen LogP contribution in [0.25, 0.3) is 6.08 Å². The van der Waals surface area contributed by atoms with Gasteiger partial charge in [0.2, 0.25) is 0 Å². The highest BCUT2D eigenvalue weighted by Crippen LogP contribution is 2.44. The molecule has 1 heterocycles. The summed E-state index contributed by atoms with van der Waals surface area (Å²) in [5.74, 6) is 0.745. The van der Waals surface area contributed by atoms with Crippen molar-refractivity contribution in [1.82, 2.24) is 0 Å². The molecular formula is C22H17NO2S. The monoisotopic (exact) mass is 359 g/mol. The number of rotatable bonds is 4. The van der Waals surface area contributed by atoms with Crippen molar-refractivity contribution in [3.63, 3.8) is 0 Å². The van der Waals surface area contributed by atoms with Crippen molar-refractivity contribution in [3.8, 4) is 5.75 Å². The number of anilines is 2. The van der Waals surface area contributed by atoms with E-state index in [2.05, 4.69) is 11.4 Å². The number of carbonyl (C=O) groups is 1. The molecule has 4 rings (SSSR count). The first-order valence-corrected chi connectivity index (χ1v) is 9.09. The minimum atomic E-state index is -0.0266. The van der Waals surface area contributed by atoms with Crippen LogP contribution in [-0.2, 0) is 0 Å². The number of carbonyl (C=O) groups excluding carboxylic acids is 1. The Morgan fingerprint density at radius 2 is 1.81 bits per heavy atom. The fourth-order valence-electron chi connectivity index (χ4n) is 2.81. The standard InChI is InChI=1S/C22H17NO2S/c1-25-17-6-4-5-15(13-17)9-11-20(24)16-10-12-22-19(14-16)23-18-7-2-3-8-21(18)26-22/h2-14,23H,1H3/b11-9+. The molecule has 0 bridgehead atoms. The number of methoxy groups -OCH3 is 1. The Morgan fingerprint density at radius 1 is 0.962 bits per heavy atom. The second-order valence-electron chi connectivity index (χ2n) is 5.91. The zero-order valence-corrected chi connectivity index (χ0v) is 15.0. The van der Waals surface area contributed by atoms with Crippen LogP contribution in [-0.4, -0.2) is 12.9 Å². The number of allylic oxidation sites excluding steroid dienone is 1. The molecule has 3 aromatic carbocycles. The summed E-state index contributed by atoms with van der Waals surface area (Å²) in [7, 11) is 1.63. The summed E-state index contributed by atoms with van der Waals surface area (Å²) in [5.41, 5.74) is 3.63. The van der Waals surface area contributed by atoms with Crippen LogP contribution in [0.5, 0.6) is 5.75 Å². The van der Waals surface area contributed by atoms with Crippen molar-refractivity contribution < 1.29 is 9.53 Å². The number of para-hydroxylation sites is 1. The van der Waals surface area contributed by atoms with Gasteiger partial charge in [0.15, 0.2) is 5.78 Å². The topological polar surface area (TPSA) is 38.3 Å². The summed E-state index contributed by atoms with van der Waals surface area (Å²) in [6.45, 7) is 0. The van der Waals surface area contributed by atoms with Crippen molar-refractivity contribution >= 4 is 35.0 Å². The highest BCUT2D eigenvalue weighted by Gasteiger charge is 2.16. The minimum absolute atomic E-state index is 0.0266. The average Bonchev–Trinajstić information content (AvgIpc) is 2.70. The molecule has 1 aliphatic rings.